The number of rotatable bonds is 7. The van der Waals surface area contributed by atoms with Crippen molar-refractivity contribution in [2.75, 3.05) is 6.61 Å². The summed E-state index contributed by atoms with van der Waals surface area (Å²) in [5, 5.41) is 10.3. The van der Waals surface area contributed by atoms with E-state index < -0.39 is 11.6 Å². The number of ether oxygens (including phenoxy) is 1. The van der Waals surface area contributed by atoms with Crippen LogP contribution in [0.1, 0.15) is 32.3 Å². The van der Waals surface area contributed by atoms with Crippen molar-refractivity contribution in [1.29, 1.82) is 0 Å². The lowest BCUT2D eigenvalue weighted by molar-refractivity contribution is -0.168. The van der Waals surface area contributed by atoms with Gasteiger partial charge in [0.1, 0.15) is 5.78 Å². The molecule has 0 aliphatic carbocycles. The van der Waals surface area contributed by atoms with Gasteiger partial charge in [-0.2, -0.15) is 0 Å². The number of carbonyl (C=O) groups excluding carboxylic acids is 2. The molecule has 104 valence electrons. The molecule has 0 bridgehead atoms. The predicted molar refractivity (Wildman–Crippen MR) is 71.6 cm³/mol. The second kappa shape index (κ2) is 7.04. The maximum absolute atomic E-state index is 11.8. The van der Waals surface area contributed by atoms with Crippen molar-refractivity contribution in [3.05, 3.63) is 35.9 Å². The molecule has 0 saturated carbocycles. The Kier molecular flexibility index (Phi) is 5.70. The summed E-state index contributed by atoms with van der Waals surface area (Å²) in [5.74, 6) is -0.954. The number of ketones is 1. The summed E-state index contributed by atoms with van der Waals surface area (Å²) in [6.07, 6.45) is 0.484. The number of aliphatic hydroxyl groups is 1. The first-order chi connectivity index (χ1) is 8.98. The quantitative estimate of drug-likeness (QED) is 0.764. The largest absolute Gasteiger partial charge is 0.464 e. The first-order valence-corrected chi connectivity index (χ1v) is 6.41. The molecular weight excluding hydrogens is 244 g/mol. The van der Waals surface area contributed by atoms with Gasteiger partial charge in [-0.05, 0) is 32.3 Å². The molecule has 4 heteroatoms. The number of hydrogen-bond acceptors (Lipinski definition) is 4. The minimum atomic E-state index is -1.72. The van der Waals surface area contributed by atoms with Gasteiger partial charge in [0.25, 0.3) is 0 Å². The van der Waals surface area contributed by atoms with E-state index in [1.54, 1.807) is 6.92 Å². The lowest BCUT2D eigenvalue weighted by Gasteiger charge is -2.24. The second-order valence-corrected chi connectivity index (χ2v) is 4.62. The Balaban J connectivity index is 2.74. The molecule has 0 unspecified atom stereocenters. The fraction of sp³-hybridized carbons (Fsp3) is 0.467. The van der Waals surface area contributed by atoms with Crippen LogP contribution in [0.15, 0.2) is 30.3 Å². The highest BCUT2D eigenvalue weighted by molar-refractivity contribution is 5.87. The third-order valence-electron chi connectivity index (χ3n) is 2.87. The Morgan fingerprint density at radius 1 is 1.26 bits per heavy atom. The van der Waals surface area contributed by atoms with Gasteiger partial charge in [-0.1, -0.05) is 30.3 Å². The molecule has 0 heterocycles. The molecule has 0 amide bonds. The number of Topliss-reactive ketones (excluding diaryl/α,β-unsaturated/α-hetero) is 1. The van der Waals surface area contributed by atoms with Crippen molar-refractivity contribution in [1.82, 2.24) is 0 Å². The molecule has 0 aliphatic rings. The number of hydrogen-bond donors (Lipinski definition) is 1. The van der Waals surface area contributed by atoms with E-state index in [1.807, 2.05) is 30.3 Å². The minimum Gasteiger partial charge on any atom is -0.464 e. The van der Waals surface area contributed by atoms with Crippen molar-refractivity contribution in [3.8, 4) is 0 Å². The summed E-state index contributed by atoms with van der Waals surface area (Å²) in [6.45, 7) is 3.21. The maximum atomic E-state index is 11.8. The molecule has 19 heavy (non-hydrogen) atoms. The van der Waals surface area contributed by atoms with Crippen LogP contribution in [0.5, 0.6) is 0 Å². The molecule has 0 aromatic heterocycles. The van der Waals surface area contributed by atoms with Crippen LogP contribution in [0.3, 0.4) is 0 Å². The zero-order chi connectivity index (χ0) is 14.3. The molecule has 1 rings (SSSR count). The Bertz CT molecular complexity index is 427. The van der Waals surface area contributed by atoms with Crippen LogP contribution in [0.25, 0.3) is 0 Å². The van der Waals surface area contributed by atoms with E-state index in [2.05, 4.69) is 0 Å². The van der Waals surface area contributed by atoms with Crippen molar-refractivity contribution in [2.24, 2.45) is 0 Å². The SMILES string of the molecule is CCOC(=O)[C@@](O)(CCc1ccccc1)CC(C)=O. The van der Waals surface area contributed by atoms with Gasteiger partial charge in [-0.15, -0.1) is 0 Å². The normalized spacial score (nSPS) is 13.6. The van der Waals surface area contributed by atoms with Crippen molar-refractivity contribution < 1.29 is 19.4 Å². The molecule has 1 aromatic carbocycles. The molecule has 1 atom stereocenters. The van der Waals surface area contributed by atoms with Gasteiger partial charge in [0.05, 0.1) is 6.61 Å². The number of aryl methyl sites for hydroxylation is 1. The summed E-state index contributed by atoms with van der Waals surface area (Å²) in [6, 6.07) is 9.52. The van der Waals surface area contributed by atoms with Crippen LogP contribution in [-0.4, -0.2) is 29.1 Å². The van der Waals surface area contributed by atoms with Gasteiger partial charge in [0, 0.05) is 6.42 Å². The molecule has 1 aromatic rings. The third-order valence-corrected chi connectivity index (χ3v) is 2.87. The zero-order valence-electron chi connectivity index (χ0n) is 11.4. The van der Waals surface area contributed by atoms with E-state index in [-0.39, 0.29) is 25.2 Å². The van der Waals surface area contributed by atoms with Crippen molar-refractivity contribution in [3.63, 3.8) is 0 Å². The van der Waals surface area contributed by atoms with E-state index >= 15 is 0 Å². The molecule has 1 N–H and O–H groups in total. The Labute approximate surface area is 113 Å². The molecule has 0 fully saturated rings. The van der Waals surface area contributed by atoms with E-state index in [4.69, 9.17) is 4.74 Å². The Hall–Kier alpha value is -1.68. The first-order valence-electron chi connectivity index (χ1n) is 6.41. The van der Waals surface area contributed by atoms with Crippen molar-refractivity contribution >= 4 is 11.8 Å². The molecule has 0 saturated heterocycles. The van der Waals surface area contributed by atoms with Crippen LogP contribution in [0.4, 0.5) is 0 Å². The van der Waals surface area contributed by atoms with Gasteiger partial charge in [-0.3, -0.25) is 4.79 Å². The van der Waals surface area contributed by atoms with Crippen LogP contribution >= 0.6 is 0 Å². The number of esters is 1. The monoisotopic (exact) mass is 264 g/mol. The standard InChI is InChI=1S/C15H20O4/c1-3-19-14(17)15(18,11-12(2)16)10-9-13-7-5-4-6-8-13/h4-8,18H,3,9-11H2,1-2H3/t15-/m1/s1. The average Bonchev–Trinajstić information content (AvgIpc) is 2.37. The molecule has 0 radical (unpaired) electrons. The van der Waals surface area contributed by atoms with E-state index in [0.29, 0.717) is 6.42 Å². The number of carbonyl (C=O) groups is 2. The molecule has 4 nitrogen and oxygen atoms in total. The highest BCUT2D eigenvalue weighted by atomic mass is 16.5. The predicted octanol–water partition coefficient (Wildman–Crippen LogP) is 1.89. The maximum Gasteiger partial charge on any atom is 0.338 e. The average molecular weight is 264 g/mol. The lowest BCUT2D eigenvalue weighted by Crippen LogP contribution is -2.42. The number of benzene rings is 1. The molecular formula is C15H20O4. The van der Waals surface area contributed by atoms with E-state index in [1.165, 1.54) is 6.92 Å². The summed E-state index contributed by atoms with van der Waals surface area (Å²) < 4.78 is 4.86. The van der Waals surface area contributed by atoms with Crippen molar-refractivity contribution in [2.45, 2.75) is 38.7 Å². The third kappa shape index (κ3) is 4.83. The Morgan fingerprint density at radius 3 is 2.42 bits per heavy atom. The van der Waals surface area contributed by atoms with Crippen LogP contribution in [0, 0.1) is 0 Å². The van der Waals surface area contributed by atoms with Gasteiger partial charge < -0.3 is 9.84 Å². The highest BCUT2D eigenvalue weighted by Gasteiger charge is 2.38. The van der Waals surface area contributed by atoms with E-state index in [0.717, 1.165) is 5.56 Å². The van der Waals surface area contributed by atoms with Gasteiger partial charge in [0.2, 0.25) is 0 Å². The summed E-state index contributed by atoms with van der Waals surface area (Å²) >= 11 is 0. The second-order valence-electron chi connectivity index (χ2n) is 4.62. The fourth-order valence-corrected chi connectivity index (χ4v) is 1.94. The summed E-state index contributed by atoms with van der Waals surface area (Å²) in [7, 11) is 0. The van der Waals surface area contributed by atoms with Crippen LogP contribution < -0.4 is 0 Å². The summed E-state index contributed by atoms with van der Waals surface area (Å²) in [4.78, 5) is 23.0. The fourth-order valence-electron chi connectivity index (χ4n) is 1.94. The van der Waals surface area contributed by atoms with Crippen LogP contribution in [-0.2, 0) is 20.7 Å². The van der Waals surface area contributed by atoms with Gasteiger partial charge in [0.15, 0.2) is 5.60 Å². The first kappa shape index (κ1) is 15.4. The zero-order valence-corrected chi connectivity index (χ0v) is 11.4. The Morgan fingerprint density at radius 2 is 1.89 bits per heavy atom. The molecule has 0 aliphatic heterocycles. The van der Waals surface area contributed by atoms with Gasteiger partial charge >= 0.3 is 5.97 Å². The summed E-state index contributed by atoms with van der Waals surface area (Å²) in [5.41, 5.74) is -0.716. The van der Waals surface area contributed by atoms with Gasteiger partial charge in [-0.25, -0.2) is 4.79 Å². The highest BCUT2D eigenvalue weighted by Crippen LogP contribution is 2.21. The lowest BCUT2D eigenvalue weighted by atomic mass is 9.90. The smallest absolute Gasteiger partial charge is 0.338 e. The topological polar surface area (TPSA) is 63.6 Å². The van der Waals surface area contributed by atoms with Crippen LogP contribution in [0.2, 0.25) is 0 Å². The minimum absolute atomic E-state index is 0.176. The molecule has 0 spiro atoms. The van der Waals surface area contributed by atoms with E-state index in [9.17, 15) is 14.7 Å².